The molecule has 0 aromatic heterocycles. The van der Waals surface area contributed by atoms with E-state index in [-0.39, 0.29) is 25.0 Å². The standard InChI is InChI=1S/C23H37N3O3/c1-18-5-3-4-6-20(18)16-25-11-9-21(10-12-25)26-13-7-19(8-14-26)23(28)24-15-22(27)17-29-2/h3-6,19,21-22,27H,7-17H2,1-2H3,(H,24,28)/t22-/m0/s1. The van der Waals surface area contributed by atoms with Gasteiger partial charge in [0.15, 0.2) is 0 Å². The number of ether oxygens (including phenoxy) is 1. The molecular weight excluding hydrogens is 366 g/mol. The summed E-state index contributed by atoms with van der Waals surface area (Å²) in [6, 6.07) is 9.33. The Morgan fingerprint density at radius 1 is 1.17 bits per heavy atom. The van der Waals surface area contributed by atoms with Crippen molar-refractivity contribution in [3.05, 3.63) is 35.4 Å². The Bertz CT molecular complexity index is 638. The second-order valence-electron chi connectivity index (χ2n) is 8.60. The lowest BCUT2D eigenvalue weighted by Crippen LogP contribution is -2.49. The number of likely N-dealkylation sites (tertiary alicyclic amines) is 2. The summed E-state index contributed by atoms with van der Waals surface area (Å²) in [5.41, 5.74) is 2.82. The van der Waals surface area contributed by atoms with Crippen LogP contribution in [-0.4, -0.2) is 79.4 Å². The van der Waals surface area contributed by atoms with E-state index in [1.165, 1.54) is 24.0 Å². The summed E-state index contributed by atoms with van der Waals surface area (Å²) < 4.78 is 4.90. The third kappa shape index (κ3) is 6.51. The Labute approximate surface area is 175 Å². The van der Waals surface area contributed by atoms with E-state index in [1.54, 1.807) is 7.11 Å². The molecule has 29 heavy (non-hydrogen) atoms. The SMILES string of the molecule is COC[C@@H](O)CNC(=O)C1CCN(C2CCN(Cc3ccccc3C)CC2)CC1. The van der Waals surface area contributed by atoms with Gasteiger partial charge in [-0.3, -0.25) is 9.69 Å². The van der Waals surface area contributed by atoms with Crippen LogP contribution in [-0.2, 0) is 16.1 Å². The van der Waals surface area contributed by atoms with Gasteiger partial charge in [0.1, 0.15) is 0 Å². The molecule has 0 saturated carbocycles. The largest absolute Gasteiger partial charge is 0.389 e. The average molecular weight is 404 g/mol. The first-order valence-corrected chi connectivity index (χ1v) is 11.0. The number of rotatable bonds is 8. The molecule has 2 heterocycles. The van der Waals surface area contributed by atoms with Crippen LogP contribution >= 0.6 is 0 Å². The summed E-state index contributed by atoms with van der Waals surface area (Å²) in [7, 11) is 1.55. The van der Waals surface area contributed by atoms with Crippen LogP contribution in [0.3, 0.4) is 0 Å². The fourth-order valence-corrected chi connectivity index (χ4v) is 4.61. The first-order valence-electron chi connectivity index (χ1n) is 11.0. The van der Waals surface area contributed by atoms with Crippen molar-refractivity contribution in [3.8, 4) is 0 Å². The highest BCUT2D eigenvalue weighted by atomic mass is 16.5. The monoisotopic (exact) mass is 403 g/mol. The Balaban J connectivity index is 1.36. The lowest BCUT2D eigenvalue weighted by atomic mass is 9.92. The Morgan fingerprint density at radius 3 is 2.52 bits per heavy atom. The number of hydrogen-bond donors (Lipinski definition) is 2. The van der Waals surface area contributed by atoms with Gasteiger partial charge < -0.3 is 20.1 Å². The third-order valence-corrected chi connectivity index (χ3v) is 6.50. The zero-order valence-corrected chi connectivity index (χ0v) is 18.0. The van der Waals surface area contributed by atoms with E-state index in [9.17, 15) is 9.90 Å². The summed E-state index contributed by atoms with van der Waals surface area (Å²) in [6.07, 6.45) is 3.62. The van der Waals surface area contributed by atoms with Crippen LogP contribution in [0.2, 0.25) is 0 Å². The highest BCUT2D eigenvalue weighted by molar-refractivity contribution is 5.78. The van der Waals surface area contributed by atoms with E-state index >= 15 is 0 Å². The smallest absolute Gasteiger partial charge is 0.223 e. The molecule has 1 amide bonds. The Kier molecular flexibility index (Phi) is 8.48. The van der Waals surface area contributed by atoms with Gasteiger partial charge >= 0.3 is 0 Å². The van der Waals surface area contributed by atoms with Crippen molar-refractivity contribution < 1.29 is 14.6 Å². The molecule has 3 rings (SSSR count). The van der Waals surface area contributed by atoms with Crippen LogP contribution in [0.25, 0.3) is 0 Å². The van der Waals surface area contributed by atoms with Crippen molar-refractivity contribution in [2.45, 2.75) is 51.3 Å². The molecule has 0 aliphatic carbocycles. The van der Waals surface area contributed by atoms with E-state index in [4.69, 9.17) is 4.74 Å². The number of aryl methyl sites for hydroxylation is 1. The number of benzene rings is 1. The minimum Gasteiger partial charge on any atom is -0.389 e. The molecule has 0 bridgehead atoms. The molecule has 6 heteroatoms. The number of amides is 1. The van der Waals surface area contributed by atoms with Crippen molar-refractivity contribution in [1.29, 1.82) is 0 Å². The highest BCUT2D eigenvalue weighted by Crippen LogP contribution is 2.25. The molecule has 162 valence electrons. The van der Waals surface area contributed by atoms with Crippen molar-refractivity contribution in [1.82, 2.24) is 15.1 Å². The topological polar surface area (TPSA) is 65.0 Å². The molecule has 0 spiro atoms. The summed E-state index contributed by atoms with van der Waals surface area (Å²) >= 11 is 0. The van der Waals surface area contributed by atoms with Crippen LogP contribution < -0.4 is 5.32 Å². The second-order valence-corrected chi connectivity index (χ2v) is 8.60. The molecule has 1 aromatic carbocycles. The van der Waals surface area contributed by atoms with Crippen molar-refractivity contribution >= 4 is 5.91 Å². The van der Waals surface area contributed by atoms with Crippen molar-refractivity contribution in [2.75, 3.05) is 46.4 Å². The molecular formula is C23H37N3O3. The van der Waals surface area contributed by atoms with Gasteiger partial charge in [-0.05, 0) is 69.9 Å². The zero-order chi connectivity index (χ0) is 20.6. The normalized spacial score (nSPS) is 21.2. The number of nitrogens with zero attached hydrogens (tertiary/aromatic N) is 2. The molecule has 6 nitrogen and oxygen atoms in total. The molecule has 1 atom stereocenters. The number of carbonyl (C=O) groups is 1. The molecule has 0 radical (unpaired) electrons. The molecule has 0 unspecified atom stereocenters. The fourth-order valence-electron chi connectivity index (χ4n) is 4.61. The lowest BCUT2D eigenvalue weighted by Gasteiger charge is -2.41. The maximum absolute atomic E-state index is 12.3. The molecule has 2 aliphatic rings. The quantitative estimate of drug-likeness (QED) is 0.693. The molecule has 2 N–H and O–H groups in total. The maximum Gasteiger partial charge on any atom is 0.223 e. The summed E-state index contributed by atoms with van der Waals surface area (Å²) in [6.45, 7) is 8.07. The van der Waals surface area contributed by atoms with Gasteiger partial charge in [0, 0.05) is 32.2 Å². The number of carbonyl (C=O) groups excluding carboxylic acids is 1. The zero-order valence-electron chi connectivity index (χ0n) is 18.0. The third-order valence-electron chi connectivity index (χ3n) is 6.50. The van der Waals surface area contributed by atoms with Crippen LogP contribution in [0.15, 0.2) is 24.3 Å². The number of hydrogen-bond acceptors (Lipinski definition) is 5. The minimum absolute atomic E-state index is 0.0714. The van der Waals surface area contributed by atoms with Gasteiger partial charge in [-0.15, -0.1) is 0 Å². The van der Waals surface area contributed by atoms with Gasteiger partial charge in [0.2, 0.25) is 5.91 Å². The van der Waals surface area contributed by atoms with Crippen molar-refractivity contribution in [3.63, 3.8) is 0 Å². The van der Waals surface area contributed by atoms with Gasteiger partial charge in [0.25, 0.3) is 0 Å². The first-order chi connectivity index (χ1) is 14.1. The fraction of sp³-hybridized carbons (Fsp3) is 0.696. The van der Waals surface area contributed by atoms with Gasteiger partial charge in [-0.1, -0.05) is 24.3 Å². The maximum atomic E-state index is 12.3. The summed E-state index contributed by atoms with van der Waals surface area (Å²) in [5.74, 6) is 0.148. The predicted molar refractivity (Wildman–Crippen MR) is 115 cm³/mol. The molecule has 1 aromatic rings. The van der Waals surface area contributed by atoms with E-state index < -0.39 is 6.10 Å². The van der Waals surface area contributed by atoms with E-state index in [0.29, 0.717) is 6.04 Å². The number of piperidine rings is 2. The van der Waals surface area contributed by atoms with E-state index in [0.717, 1.165) is 45.6 Å². The molecule has 2 aliphatic heterocycles. The average Bonchev–Trinajstić information content (AvgIpc) is 2.74. The first kappa shape index (κ1) is 22.2. The number of methoxy groups -OCH3 is 1. The Morgan fingerprint density at radius 2 is 1.86 bits per heavy atom. The van der Waals surface area contributed by atoms with Gasteiger partial charge in [0.05, 0.1) is 12.7 Å². The number of aliphatic hydroxyl groups is 1. The number of aliphatic hydroxyl groups excluding tert-OH is 1. The van der Waals surface area contributed by atoms with E-state index in [2.05, 4.69) is 46.3 Å². The van der Waals surface area contributed by atoms with Gasteiger partial charge in [-0.25, -0.2) is 0 Å². The van der Waals surface area contributed by atoms with Crippen LogP contribution in [0.5, 0.6) is 0 Å². The second kappa shape index (κ2) is 11.1. The number of nitrogens with one attached hydrogen (secondary N) is 1. The molecule has 2 fully saturated rings. The van der Waals surface area contributed by atoms with Gasteiger partial charge in [-0.2, -0.15) is 0 Å². The van der Waals surface area contributed by atoms with Crippen LogP contribution in [0, 0.1) is 12.8 Å². The Hall–Kier alpha value is -1.47. The highest BCUT2D eigenvalue weighted by Gasteiger charge is 2.30. The van der Waals surface area contributed by atoms with Crippen molar-refractivity contribution in [2.24, 2.45) is 5.92 Å². The lowest BCUT2D eigenvalue weighted by molar-refractivity contribution is -0.127. The summed E-state index contributed by atoms with van der Waals surface area (Å²) in [5, 5.41) is 12.6. The van der Waals surface area contributed by atoms with E-state index in [1.807, 2.05) is 0 Å². The van der Waals surface area contributed by atoms with Crippen LogP contribution in [0.1, 0.15) is 36.8 Å². The minimum atomic E-state index is -0.631. The van der Waals surface area contributed by atoms with Crippen LogP contribution in [0.4, 0.5) is 0 Å². The molecule has 2 saturated heterocycles. The summed E-state index contributed by atoms with van der Waals surface area (Å²) in [4.78, 5) is 17.5. The predicted octanol–water partition coefficient (Wildman–Crippen LogP) is 1.79.